The van der Waals surface area contributed by atoms with E-state index >= 15 is 0 Å². The van der Waals surface area contributed by atoms with Crippen molar-refractivity contribution in [1.82, 2.24) is 4.90 Å². The van der Waals surface area contributed by atoms with Crippen LogP contribution in [0.1, 0.15) is 6.92 Å². The highest BCUT2D eigenvalue weighted by atomic mass is 16.5. The van der Waals surface area contributed by atoms with Gasteiger partial charge in [-0.25, -0.2) is 4.79 Å². The molecule has 0 fully saturated rings. The lowest BCUT2D eigenvalue weighted by Crippen LogP contribution is -2.34. The van der Waals surface area contributed by atoms with Crippen LogP contribution in [0.2, 0.25) is 0 Å². The summed E-state index contributed by atoms with van der Waals surface area (Å²) in [6.45, 7) is 12.1. The van der Waals surface area contributed by atoms with Crippen molar-refractivity contribution in [2.45, 2.75) is 6.92 Å². The number of esters is 1. The third kappa shape index (κ3) is 5.63. The van der Waals surface area contributed by atoms with E-state index in [2.05, 4.69) is 19.7 Å². The lowest BCUT2D eigenvalue weighted by molar-refractivity contribution is -0.138. The van der Waals surface area contributed by atoms with Gasteiger partial charge >= 0.3 is 5.97 Å². The van der Waals surface area contributed by atoms with Gasteiger partial charge in [0.15, 0.2) is 0 Å². The minimum absolute atomic E-state index is 0.0276. The highest BCUT2D eigenvalue weighted by molar-refractivity contribution is 6.05. The highest BCUT2D eigenvalue weighted by Gasteiger charge is 2.15. The van der Waals surface area contributed by atoms with Crippen LogP contribution in [0.5, 0.6) is 0 Å². The molecular formula is C14H17NO4. The SMILES string of the molecule is C=CCN(C(=O)C=C)C(=O)C=CC(=C)C(=O)OCC. The van der Waals surface area contributed by atoms with Crippen LogP contribution in [0, 0.1) is 0 Å². The van der Waals surface area contributed by atoms with Crippen LogP contribution in [0.15, 0.2) is 49.6 Å². The Hall–Kier alpha value is -2.43. The lowest BCUT2D eigenvalue weighted by atomic mass is 10.2. The van der Waals surface area contributed by atoms with Crippen LogP contribution >= 0.6 is 0 Å². The second-order valence-electron chi connectivity index (χ2n) is 3.36. The first-order chi connectivity index (χ1) is 8.97. The Morgan fingerprint density at radius 3 is 2.26 bits per heavy atom. The van der Waals surface area contributed by atoms with Crippen molar-refractivity contribution in [2.24, 2.45) is 0 Å². The van der Waals surface area contributed by atoms with Gasteiger partial charge in [0.1, 0.15) is 0 Å². The van der Waals surface area contributed by atoms with Crippen LogP contribution in [-0.2, 0) is 19.1 Å². The average molecular weight is 263 g/mol. The summed E-state index contributed by atoms with van der Waals surface area (Å²) in [5.41, 5.74) is 0.0276. The Bertz CT molecular complexity index is 435. The zero-order valence-electron chi connectivity index (χ0n) is 10.9. The van der Waals surface area contributed by atoms with Crippen LogP contribution < -0.4 is 0 Å². The monoisotopic (exact) mass is 263 g/mol. The van der Waals surface area contributed by atoms with E-state index in [1.54, 1.807) is 6.92 Å². The summed E-state index contributed by atoms with van der Waals surface area (Å²) < 4.78 is 4.70. The number of hydrogen-bond donors (Lipinski definition) is 0. The van der Waals surface area contributed by atoms with Crippen LogP contribution in [0.4, 0.5) is 0 Å². The highest BCUT2D eigenvalue weighted by Crippen LogP contribution is 2.00. The van der Waals surface area contributed by atoms with E-state index in [1.165, 1.54) is 12.2 Å². The van der Waals surface area contributed by atoms with E-state index in [0.717, 1.165) is 17.1 Å². The standard InChI is InChI=1S/C14H17NO4/c1-5-10-15(12(16)6-2)13(17)9-8-11(4)14(18)19-7-3/h5-6,8-9H,1-2,4,7,10H2,3H3. The molecule has 102 valence electrons. The molecule has 0 aliphatic carbocycles. The zero-order valence-corrected chi connectivity index (χ0v) is 10.9. The predicted molar refractivity (Wildman–Crippen MR) is 72.0 cm³/mol. The molecule has 0 aliphatic rings. The first kappa shape index (κ1) is 16.6. The van der Waals surface area contributed by atoms with E-state index < -0.39 is 17.8 Å². The topological polar surface area (TPSA) is 63.7 Å². The number of ether oxygens (including phenoxy) is 1. The minimum atomic E-state index is -0.614. The van der Waals surface area contributed by atoms with E-state index in [0.29, 0.717) is 0 Å². The first-order valence-electron chi connectivity index (χ1n) is 5.60. The van der Waals surface area contributed by atoms with Gasteiger partial charge < -0.3 is 4.74 Å². The molecule has 0 atom stereocenters. The van der Waals surface area contributed by atoms with Gasteiger partial charge in [-0.15, -0.1) is 6.58 Å². The molecule has 19 heavy (non-hydrogen) atoms. The molecule has 0 aromatic heterocycles. The van der Waals surface area contributed by atoms with E-state index in [4.69, 9.17) is 4.74 Å². The van der Waals surface area contributed by atoms with Crippen LogP contribution in [-0.4, -0.2) is 35.8 Å². The normalized spacial score (nSPS) is 9.74. The predicted octanol–water partition coefficient (Wildman–Crippen LogP) is 1.39. The maximum Gasteiger partial charge on any atom is 0.337 e. The van der Waals surface area contributed by atoms with Crippen molar-refractivity contribution in [3.63, 3.8) is 0 Å². The Balaban J connectivity index is 4.76. The van der Waals surface area contributed by atoms with E-state index in [1.807, 2.05) is 0 Å². The first-order valence-corrected chi connectivity index (χ1v) is 5.60. The fourth-order valence-corrected chi connectivity index (χ4v) is 1.08. The maximum absolute atomic E-state index is 11.7. The fraction of sp³-hybridized carbons (Fsp3) is 0.214. The molecule has 0 rings (SSSR count). The number of amides is 2. The molecule has 5 nitrogen and oxygen atoms in total. The summed E-state index contributed by atoms with van der Waals surface area (Å²) in [5, 5.41) is 0. The molecule has 5 heteroatoms. The number of carbonyl (C=O) groups excluding carboxylic acids is 3. The zero-order chi connectivity index (χ0) is 14.8. The van der Waals surface area contributed by atoms with Gasteiger partial charge in [-0.3, -0.25) is 14.5 Å². The molecular weight excluding hydrogens is 246 g/mol. The molecule has 2 amide bonds. The Kier molecular flexibility index (Phi) is 7.53. The van der Waals surface area contributed by atoms with Gasteiger partial charge in [0, 0.05) is 12.6 Å². The van der Waals surface area contributed by atoms with Gasteiger partial charge in [0.05, 0.1) is 12.2 Å². The van der Waals surface area contributed by atoms with E-state index in [9.17, 15) is 14.4 Å². The summed E-state index contributed by atoms with van der Waals surface area (Å²) in [4.78, 5) is 35.3. The second-order valence-corrected chi connectivity index (χ2v) is 3.36. The third-order valence-corrected chi connectivity index (χ3v) is 1.98. The molecule has 0 radical (unpaired) electrons. The number of hydrogen-bond acceptors (Lipinski definition) is 4. The van der Waals surface area contributed by atoms with Crippen molar-refractivity contribution < 1.29 is 19.1 Å². The number of carbonyl (C=O) groups is 3. The molecule has 0 heterocycles. The fourth-order valence-electron chi connectivity index (χ4n) is 1.08. The molecule has 0 aromatic rings. The summed E-state index contributed by atoms with van der Waals surface area (Å²) >= 11 is 0. The second kappa shape index (κ2) is 8.63. The van der Waals surface area contributed by atoms with Crippen molar-refractivity contribution in [3.05, 3.63) is 49.6 Å². The molecule has 0 saturated heterocycles. The summed E-state index contributed by atoms with van der Waals surface area (Å²) in [7, 11) is 0. The minimum Gasteiger partial charge on any atom is -0.462 e. The molecule has 0 N–H and O–H groups in total. The van der Waals surface area contributed by atoms with Gasteiger partial charge in [-0.1, -0.05) is 19.2 Å². The van der Waals surface area contributed by atoms with Gasteiger partial charge in [-0.05, 0) is 19.1 Å². The Morgan fingerprint density at radius 2 is 1.79 bits per heavy atom. The lowest BCUT2D eigenvalue weighted by Gasteiger charge is -2.14. The van der Waals surface area contributed by atoms with Gasteiger partial charge in [0.25, 0.3) is 11.8 Å². The number of nitrogens with zero attached hydrogens (tertiary/aromatic N) is 1. The molecule has 0 aromatic carbocycles. The molecule has 0 spiro atoms. The molecule has 0 aliphatic heterocycles. The number of rotatable bonds is 7. The number of imide groups is 1. The summed E-state index contributed by atoms with van der Waals surface area (Å²) in [5.74, 6) is -1.75. The quantitative estimate of drug-likeness (QED) is 0.301. The third-order valence-electron chi connectivity index (χ3n) is 1.98. The van der Waals surface area contributed by atoms with Crippen molar-refractivity contribution in [1.29, 1.82) is 0 Å². The van der Waals surface area contributed by atoms with Crippen molar-refractivity contribution >= 4 is 17.8 Å². The Labute approximate surface area is 112 Å². The Morgan fingerprint density at radius 1 is 1.16 bits per heavy atom. The van der Waals surface area contributed by atoms with Gasteiger partial charge in [-0.2, -0.15) is 0 Å². The van der Waals surface area contributed by atoms with Crippen LogP contribution in [0.3, 0.4) is 0 Å². The van der Waals surface area contributed by atoms with Gasteiger partial charge in [0.2, 0.25) is 0 Å². The maximum atomic E-state index is 11.7. The van der Waals surface area contributed by atoms with E-state index in [-0.39, 0.29) is 18.7 Å². The smallest absolute Gasteiger partial charge is 0.337 e. The van der Waals surface area contributed by atoms with Crippen molar-refractivity contribution in [3.8, 4) is 0 Å². The molecule has 0 unspecified atom stereocenters. The molecule has 0 bridgehead atoms. The largest absolute Gasteiger partial charge is 0.462 e. The summed E-state index contributed by atoms with van der Waals surface area (Å²) in [6.07, 6.45) is 4.71. The molecule has 0 saturated carbocycles. The van der Waals surface area contributed by atoms with Crippen LogP contribution in [0.25, 0.3) is 0 Å². The summed E-state index contributed by atoms with van der Waals surface area (Å²) in [6, 6.07) is 0. The van der Waals surface area contributed by atoms with Crippen molar-refractivity contribution in [2.75, 3.05) is 13.2 Å². The average Bonchev–Trinajstić information content (AvgIpc) is 2.41.